The van der Waals surface area contributed by atoms with E-state index < -0.39 is 0 Å². The molecule has 0 bridgehead atoms. The second kappa shape index (κ2) is 8.19. The molecule has 2 heterocycles. The van der Waals surface area contributed by atoms with Crippen molar-refractivity contribution in [1.82, 2.24) is 9.88 Å². The van der Waals surface area contributed by atoms with Gasteiger partial charge in [0.25, 0.3) is 5.91 Å². The fourth-order valence-electron chi connectivity index (χ4n) is 3.59. The third-order valence-corrected chi connectivity index (χ3v) is 4.89. The van der Waals surface area contributed by atoms with Gasteiger partial charge in [0, 0.05) is 24.9 Å². The predicted octanol–water partition coefficient (Wildman–Crippen LogP) is 3.44. The fraction of sp³-hybridized carbons (Fsp3) is 0.500. The molecule has 1 N–H and O–H groups in total. The maximum Gasteiger partial charge on any atom is 0.305 e. The van der Waals surface area contributed by atoms with Crippen LogP contribution in [0.2, 0.25) is 0 Å². The van der Waals surface area contributed by atoms with Crippen LogP contribution in [0.5, 0.6) is 0 Å². The first-order valence-corrected chi connectivity index (χ1v) is 9.17. The van der Waals surface area contributed by atoms with Gasteiger partial charge in [-0.3, -0.25) is 9.59 Å². The number of nitrogens with zero attached hydrogens (tertiary/aromatic N) is 1. The molecule has 5 heteroatoms. The zero-order valence-electron chi connectivity index (χ0n) is 14.8. The quantitative estimate of drug-likeness (QED) is 0.590. The van der Waals surface area contributed by atoms with E-state index in [0.717, 1.165) is 56.1 Å². The third-order valence-electron chi connectivity index (χ3n) is 4.89. The monoisotopic (exact) mass is 342 g/mol. The summed E-state index contributed by atoms with van der Waals surface area (Å²) in [6.07, 6.45) is 6.41. The van der Waals surface area contributed by atoms with Crippen LogP contribution in [0.25, 0.3) is 10.9 Å². The Bertz CT molecular complexity index is 764. The van der Waals surface area contributed by atoms with Crippen LogP contribution in [-0.2, 0) is 22.5 Å². The van der Waals surface area contributed by atoms with Gasteiger partial charge in [0.05, 0.1) is 12.6 Å². The number of hydrogen-bond donors (Lipinski definition) is 1. The average molecular weight is 342 g/mol. The van der Waals surface area contributed by atoms with E-state index >= 15 is 0 Å². The van der Waals surface area contributed by atoms with Crippen molar-refractivity contribution in [1.29, 1.82) is 0 Å². The molecule has 0 saturated heterocycles. The number of amides is 1. The second-order valence-corrected chi connectivity index (χ2v) is 6.64. The van der Waals surface area contributed by atoms with Crippen molar-refractivity contribution < 1.29 is 14.3 Å². The van der Waals surface area contributed by atoms with Crippen molar-refractivity contribution in [2.75, 3.05) is 13.7 Å². The molecule has 1 aliphatic heterocycles. The predicted molar refractivity (Wildman–Crippen MR) is 97.7 cm³/mol. The Hall–Kier alpha value is -2.30. The molecule has 2 aromatic rings. The number of hydrogen-bond acceptors (Lipinski definition) is 3. The lowest BCUT2D eigenvalue weighted by molar-refractivity contribution is -0.140. The van der Waals surface area contributed by atoms with Crippen molar-refractivity contribution in [3.63, 3.8) is 0 Å². The van der Waals surface area contributed by atoms with Gasteiger partial charge in [-0.25, -0.2) is 0 Å². The minimum absolute atomic E-state index is 0.0126. The molecule has 25 heavy (non-hydrogen) atoms. The number of benzene rings is 1. The summed E-state index contributed by atoms with van der Waals surface area (Å²) in [4.78, 5) is 23.6. The number of unbranched alkanes of at least 4 members (excludes halogenated alkanes) is 3. The van der Waals surface area contributed by atoms with Crippen LogP contribution >= 0.6 is 0 Å². The van der Waals surface area contributed by atoms with Gasteiger partial charge >= 0.3 is 5.97 Å². The number of rotatable bonds is 8. The van der Waals surface area contributed by atoms with Gasteiger partial charge < -0.3 is 14.6 Å². The molecule has 0 fully saturated rings. The molecule has 0 atom stereocenters. The van der Waals surface area contributed by atoms with Crippen molar-refractivity contribution in [3.05, 3.63) is 35.5 Å². The van der Waals surface area contributed by atoms with Crippen LogP contribution in [0.3, 0.4) is 0 Å². The highest BCUT2D eigenvalue weighted by atomic mass is 16.5. The first-order valence-electron chi connectivity index (χ1n) is 9.17. The summed E-state index contributed by atoms with van der Waals surface area (Å²) in [6.45, 7) is 1.59. The fourth-order valence-corrected chi connectivity index (χ4v) is 3.59. The van der Waals surface area contributed by atoms with Crippen LogP contribution in [-0.4, -0.2) is 30.1 Å². The summed E-state index contributed by atoms with van der Waals surface area (Å²) in [5.41, 5.74) is 3.34. The molecule has 1 amide bonds. The zero-order valence-corrected chi connectivity index (χ0v) is 14.8. The maximum absolute atomic E-state index is 12.6. The number of ether oxygens (including phenoxy) is 1. The number of methoxy groups -OCH3 is 1. The van der Waals surface area contributed by atoms with Crippen LogP contribution in [0.4, 0.5) is 0 Å². The van der Waals surface area contributed by atoms with E-state index in [1.807, 2.05) is 6.07 Å². The molecule has 1 aromatic heterocycles. The highest BCUT2D eigenvalue weighted by Gasteiger charge is 2.19. The van der Waals surface area contributed by atoms with Gasteiger partial charge in [0.2, 0.25) is 0 Å². The standard InChI is InChI=1S/C20H26N2O3/c1-25-18(23)11-4-2-3-5-12-21-20(24)17-14-16-9-6-8-15-10-7-13-22(17)19(15)16/h6,8-9,14H,2-5,7,10-13H2,1H3,(H,21,24). The van der Waals surface area contributed by atoms with Gasteiger partial charge in [0.1, 0.15) is 5.69 Å². The third kappa shape index (κ3) is 4.03. The minimum Gasteiger partial charge on any atom is -0.469 e. The molecule has 1 aromatic carbocycles. The maximum atomic E-state index is 12.6. The minimum atomic E-state index is -0.151. The molecular formula is C20H26N2O3. The van der Waals surface area contributed by atoms with E-state index in [-0.39, 0.29) is 11.9 Å². The van der Waals surface area contributed by atoms with E-state index in [2.05, 4.69) is 32.8 Å². The summed E-state index contributed by atoms with van der Waals surface area (Å²) in [7, 11) is 1.42. The molecule has 0 spiro atoms. The van der Waals surface area contributed by atoms with Crippen LogP contribution < -0.4 is 5.32 Å². The second-order valence-electron chi connectivity index (χ2n) is 6.64. The van der Waals surface area contributed by atoms with E-state index in [4.69, 9.17) is 0 Å². The Labute approximate surface area is 148 Å². The summed E-state index contributed by atoms with van der Waals surface area (Å²) < 4.78 is 6.79. The molecule has 1 aliphatic rings. The number of nitrogens with one attached hydrogen (secondary N) is 1. The lowest BCUT2D eigenvalue weighted by Gasteiger charge is -2.17. The van der Waals surface area contributed by atoms with Crippen LogP contribution in [0, 0.1) is 0 Å². The van der Waals surface area contributed by atoms with Gasteiger partial charge in [-0.05, 0) is 37.3 Å². The number of carbonyl (C=O) groups excluding carboxylic acids is 2. The highest BCUT2D eigenvalue weighted by Crippen LogP contribution is 2.28. The summed E-state index contributed by atoms with van der Waals surface area (Å²) in [5, 5.41) is 4.20. The summed E-state index contributed by atoms with van der Waals surface area (Å²) in [6, 6.07) is 8.33. The number of esters is 1. The van der Waals surface area contributed by atoms with Crippen molar-refractivity contribution in [2.45, 2.75) is 51.5 Å². The summed E-state index contributed by atoms with van der Waals surface area (Å²) >= 11 is 0. The lowest BCUT2D eigenvalue weighted by Crippen LogP contribution is -2.27. The number of aryl methyl sites for hydroxylation is 2. The summed E-state index contributed by atoms with van der Waals surface area (Å²) in [5.74, 6) is -0.138. The van der Waals surface area contributed by atoms with Gasteiger partial charge in [-0.15, -0.1) is 0 Å². The number of aromatic nitrogens is 1. The van der Waals surface area contributed by atoms with Crippen molar-refractivity contribution >= 4 is 22.8 Å². The Morgan fingerprint density at radius 2 is 2.04 bits per heavy atom. The highest BCUT2D eigenvalue weighted by molar-refractivity contribution is 5.99. The average Bonchev–Trinajstić information content (AvgIpc) is 3.01. The SMILES string of the molecule is COC(=O)CCCCCCNC(=O)c1cc2cccc3c2n1CCC3. The number of carbonyl (C=O) groups is 2. The Morgan fingerprint density at radius 3 is 2.88 bits per heavy atom. The topological polar surface area (TPSA) is 60.3 Å². The van der Waals surface area contributed by atoms with E-state index in [1.54, 1.807) is 0 Å². The largest absolute Gasteiger partial charge is 0.469 e. The van der Waals surface area contributed by atoms with Gasteiger partial charge in [0.15, 0.2) is 0 Å². The van der Waals surface area contributed by atoms with E-state index in [9.17, 15) is 9.59 Å². The lowest BCUT2D eigenvalue weighted by atomic mass is 10.0. The van der Waals surface area contributed by atoms with Gasteiger partial charge in [-0.2, -0.15) is 0 Å². The first kappa shape index (κ1) is 17.5. The molecule has 5 nitrogen and oxygen atoms in total. The smallest absolute Gasteiger partial charge is 0.305 e. The normalized spacial score (nSPS) is 13.0. The molecule has 0 unspecified atom stereocenters. The molecule has 0 saturated carbocycles. The Morgan fingerprint density at radius 1 is 1.20 bits per heavy atom. The zero-order chi connectivity index (χ0) is 17.6. The molecule has 134 valence electrons. The molecule has 0 aliphatic carbocycles. The van der Waals surface area contributed by atoms with E-state index in [0.29, 0.717) is 13.0 Å². The first-order chi connectivity index (χ1) is 12.2. The van der Waals surface area contributed by atoms with E-state index in [1.165, 1.54) is 18.2 Å². The van der Waals surface area contributed by atoms with Gasteiger partial charge in [-0.1, -0.05) is 31.0 Å². The molecule has 3 rings (SSSR count). The van der Waals surface area contributed by atoms with Crippen LogP contribution in [0.15, 0.2) is 24.3 Å². The Kier molecular flexibility index (Phi) is 5.74. The van der Waals surface area contributed by atoms with Crippen molar-refractivity contribution in [3.8, 4) is 0 Å². The Balaban J connectivity index is 1.49. The number of para-hydroxylation sites is 1. The molecular weight excluding hydrogens is 316 g/mol. The molecule has 0 radical (unpaired) electrons. The van der Waals surface area contributed by atoms with Crippen LogP contribution in [0.1, 0.15) is 54.6 Å². The van der Waals surface area contributed by atoms with Crippen molar-refractivity contribution in [2.24, 2.45) is 0 Å².